The molecule has 0 radical (unpaired) electrons. The van der Waals surface area contributed by atoms with Gasteiger partial charge in [0.1, 0.15) is 0 Å². The molecule has 0 aliphatic heterocycles. The van der Waals surface area contributed by atoms with E-state index >= 15 is 0 Å². The van der Waals surface area contributed by atoms with Gasteiger partial charge in [-0.2, -0.15) is 0 Å². The summed E-state index contributed by atoms with van der Waals surface area (Å²) in [5, 5.41) is 9.01. The molecular weight excluding hydrogens is 188 g/mol. The van der Waals surface area contributed by atoms with Crippen LogP contribution in [0.3, 0.4) is 0 Å². The Morgan fingerprint density at radius 3 is 2.13 bits per heavy atom. The normalized spacial score (nSPS) is 12.6. The van der Waals surface area contributed by atoms with Crippen molar-refractivity contribution in [2.45, 2.75) is 40.5 Å². The first-order chi connectivity index (χ1) is 6.86. The fourth-order valence-electron chi connectivity index (χ4n) is 1.83. The minimum Gasteiger partial charge on any atom is -0.481 e. The van der Waals surface area contributed by atoms with Crippen molar-refractivity contribution in [3.05, 3.63) is 33.9 Å². The summed E-state index contributed by atoms with van der Waals surface area (Å²) < 4.78 is 0. The number of carboxylic acid groups (broad SMARTS) is 1. The molecule has 0 saturated heterocycles. The lowest BCUT2D eigenvalue weighted by Gasteiger charge is -2.16. The first kappa shape index (κ1) is 11.8. The molecule has 0 spiro atoms. The van der Waals surface area contributed by atoms with E-state index in [1.54, 1.807) is 6.92 Å². The molecular formula is C13H18O2. The second-order valence-corrected chi connectivity index (χ2v) is 4.22. The molecule has 1 aromatic rings. The minimum atomic E-state index is -0.763. The number of rotatable bonds is 2. The van der Waals surface area contributed by atoms with Crippen molar-refractivity contribution in [2.75, 3.05) is 0 Å². The number of benzene rings is 1. The highest BCUT2D eigenvalue weighted by molar-refractivity contribution is 5.76. The highest BCUT2D eigenvalue weighted by atomic mass is 16.4. The van der Waals surface area contributed by atoms with E-state index in [9.17, 15) is 4.79 Å². The summed E-state index contributed by atoms with van der Waals surface area (Å²) in [6.07, 6.45) is 0. The molecule has 1 atom stereocenters. The van der Waals surface area contributed by atoms with Gasteiger partial charge in [-0.1, -0.05) is 6.07 Å². The van der Waals surface area contributed by atoms with Crippen LogP contribution in [-0.2, 0) is 4.79 Å². The Bertz CT molecular complexity index is 405. The van der Waals surface area contributed by atoms with E-state index in [-0.39, 0.29) is 0 Å². The van der Waals surface area contributed by atoms with Gasteiger partial charge in [-0.05, 0) is 62.4 Å². The van der Waals surface area contributed by atoms with E-state index in [0.29, 0.717) is 0 Å². The van der Waals surface area contributed by atoms with Gasteiger partial charge in [0.2, 0.25) is 0 Å². The minimum absolute atomic E-state index is 0.428. The Balaban J connectivity index is 3.38. The molecule has 0 aliphatic carbocycles. The first-order valence-corrected chi connectivity index (χ1v) is 5.16. The summed E-state index contributed by atoms with van der Waals surface area (Å²) in [7, 11) is 0. The topological polar surface area (TPSA) is 37.3 Å². The van der Waals surface area contributed by atoms with Crippen molar-refractivity contribution in [1.29, 1.82) is 0 Å². The quantitative estimate of drug-likeness (QED) is 0.807. The van der Waals surface area contributed by atoms with Gasteiger partial charge >= 0.3 is 5.97 Å². The zero-order valence-corrected chi connectivity index (χ0v) is 10.0. The molecule has 2 heteroatoms. The smallest absolute Gasteiger partial charge is 0.310 e. The summed E-state index contributed by atoms with van der Waals surface area (Å²) in [6, 6.07) is 2.00. The molecule has 0 heterocycles. The molecule has 1 unspecified atom stereocenters. The Morgan fingerprint density at radius 2 is 1.67 bits per heavy atom. The largest absolute Gasteiger partial charge is 0.481 e. The molecule has 0 amide bonds. The fourth-order valence-corrected chi connectivity index (χ4v) is 1.83. The van der Waals surface area contributed by atoms with Gasteiger partial charge in [-0.15, -0.1) is 0 Å². The molecule has 0 saturated carbocycles. The molecule has 0 aliphatic rings. The monoisotopic (exact) mass is 206 g/mol. The average Bonchev–Trinajstić information content (AvgIpc) is 2.19. The van der Waals surface area contributed by atoms with E-state index < -0.39 is 11.9 Å². The van der Waals surface area contributed by atoms with Crippen LogP contribution in [0.15, 0.2) is 6.07 Å². The Morgan fingerprint density at radius 1 is 1.13 bits per heavy atom. The van der Waals surface area contributed by atoms with E-state index in [1.807, 2.05) is 19.9 Å². The van der Waals surface area contributed by atoms with Gasteiger partial charge in [0, 0.05) is 0 Å². The first-order valence-electron chi connectivity index (χ1n) is 5.16. The second kappa shape index (κ2) is 4.05. The van der Waals surface area contributed by atoms with E-state index in [4.69, 9.17) is 5.11 Å². The molecule has 2 nitrogen and oxygen atoms in total. The standard InChI is InChI=1S/C13H18O2/c1-7-6-12(11(5)13(14)15)10(4)9(3)8(7)2/h6,11H,1-5H3,(H,14,15). The maximum atomic E-state index is 11.0. The lowest BCUT2D eigenvalue weighted by molar-refractivity contribution is -0.138. The highest BCUT2D eigenvalue weighted by Gasteiger charge is 2.18. The van der Waals surface area contributed by atoms with Crippen molar-refractivity contribution < 1.29 is 9.90 Å². The van der Waals surface area contributed by atoms with Gasteiger partial charge in [0.25, 0.3) is 0 Å². The molecule has 1 aromatic carbocycles. The summed E-state index contributed by atoms with van der Waals surface area (Å²) in [5.41, 5.74) is 5.67. The summed E-state index contributed by atoms with van der Waals surface area (Å²) >= 11 is 0. The molecule has 0 fully saturated rings. The van der Waals surface area contributed by atoms with Gasteiger partial charge in [0.15, 0.2) is 0 Å². The summed E-state index contributed by atoms with van der Waals surface area (Å²) in [5.74, 6) is -1.19. The molecule has 15 heavy (non-hydrogen) atoms. The van der Waals surface area contributed by atoms with Crippen LogP contribution in [-0.4, -0.2) is 11.1 Å². The maximum absolute atomic E-state index is 11.0. The third-order valence-corrected chi connectivity index (χ3v) is 3.36. The number of hydrogen-bond acceptors (Lipinski definition) is 1. The number of hydrogen-bond donors (Lipinski definition) is 1. The SMILES string of the molecule is Cc1cc(C(C)C(=O)O)c(C)c(C)c1C. The number of carboxylic acids is 1. The van der Waals surface area contributed by atoms with Crippen LogP contribution in [0.4, 0.5) is 0 Å². The predicted molar refractivity (Wildman–Crippen MR) is 61.4 cm³/mol. The number of aliphatic carboxylic acids is 1. The lowest BCUT2D eigenvalue weighted by Crippen LogP contribution is -2.10. The highest BCUT2D eigenvalue weighted by Crippen LogP contribution is 2.27. The van der Waals surface area contributed by atoms with Crippen LogP contribution in [0.1, 0.15) is 40.7 Å². The van der Waals surface area contributed by atoms with Crippen molar-refractivity contribution in [3.8, 4) is 0 Å². The van der Waals surface area contributed by atoms with Crippen LogP contribution >= 0.6 is 0 Å². The number of aryl methyl sites for hydroxylation is 1. The van der Waals surface area contributed by atoms with Crippen molar-refractivity contribution in [2.24, 2.45) is 0 Å². The molecule has 0 aromatic heterocycles. The van der Waals surface area contributed by atoms with Crippen molar-refractivity contribution >= 4 is 5.97 Å². The van der Waals surface area contributed by atoms with Gasteiger partial charge in [-0.25, -0.2) is 0 Å². The number of carbonyl (C=O) groups is 1. The predicted octanol–water partition coefficient (Wildman–Crippen LogP) is 3.11. The third-order valence-electron chi connectivity index (χ3n) is 3.36. The summed E-state index contributed by atoms with van der Waals surface area (Å²) in [6.45, 7) is 9.89. The van der Waals surface area contributed by atoms with Crippen LogP contribution < -0.4 is 0 Å². The zero-order valence-electron chi connectivity index (χ0n) is 10.0. The molecule has 82 valence electrons. The molecule has 1 rings (SSSR count). The van der Waals surface area contributed by atoms with E-state index in [0.717, 1.165) is 11.1 Å². The van der Waals surface area contributed by atoms with Crippen molar-refractivity contribution in [1.82, 2.24) is 0 Å². The molecule has 0 bridgehead atoms. The van der Waals surface area contributed by atoms with Crippen molar-refractivity contribution in [3.63, 3.8) is 0 Å². The van der Waals surface area contributed by atoms with Gasteiger partial charge < -0.3 is 5.11 Å². The van der Waals surface area contributed by atoms with Crippen LogP contribution in [0.2, 0.25) is 0 Å². The molecule has 1 N–H and O–H groups in total. The van der Waals surface area contributed by atoms with Crippen LogP contribution in [0.5, 0.6) is 0 Å². The maximum Gasteiger partial charge on any atom is 0.310 e. The Kier molecular flexibility index (Phi) is 3.18. The van der Waals surface area contributed by atoms with Crippen LogP contribution in [0.25, 0.3) is 0 Å². The van der Waals surface area contributed by atoms with Crippen LogP contribution in [0, 0.1) is 27.7 Å². The third kappa shape index (κ3) is 2.04. The summed E-state index contributed by atoms with van der Waals surface area (Å²) in [4.78, 5) is 11.0. The Hall–Kier alpha value is -1.31. The van der Waals surface area contributed by atoms with E-state index in [2.05, 4.69) is 13.8 Å². The fraction of sp³-hybridized carbons (Fsp3) is 0.462. The van der Waals surface area contributed by atoms with Gasteiger partial charge in [-0.3, -0.25) is 4.79 Å². The average molecular weight is 206 g/mol. The lowest BCUT2D eigenvalue weighted by atomic mass is 9.88. The zero-order chi connectivity index (χ0) is 11.7. The second-order valence-electron chi connectivity index (χ2n) is 4.22. The Labute approximate surface area is 90.9 Å². The van der Waals surface area contributed by atoms with E-state index in [1.165, 1.54) is 16.7 Å². The van der Waals surface area contributed by atoms with Gasteiger partial charge in [0.05, 0.1) is 5.92 Å².